The summed E-state index contributed by atoms with van der Waals surface area (Å²) in [6, 6.07) is 14.0. The van der Waals surface area contributed by atoms with E-state index in [1.165, 1.54) is 11.8 Å². The minimum atomic E-state index is -3.54. The van der Waals surface area contributed by atoms with E-state index in [0.29, 0.717) is 22.0 Å². The molecule has 0 aliphatic carbocycles. The second-order valence-corrected chi connectivity index (χ2v) is 7.83. The van der Waals surface area contributed by atoms with Crippen LogP contribution in [0.5, 0.6) is 5.75 Å². The molecule has 130 valence electrons. The van der Waals surface area contributed by atoms with E-state index < -0.39 is 9.84 Å². The number of nitrogens with zero attached hydrogens (tertiary/aromatic N) is 4. The maximum atomic E-state index is 12.6. The Hall–Kier alpha value is -2.45. The largest absolute Gasteiger partial charge is 0.496 e. The summed E-state index contributed by atoms with van der Waals surface area (Å²) in [5.41, 5.74) is 1.19. The van der Waals surface area contributed by atoms with Crippen molar-refractivity contribution in [2.24, 2.45) is 0 Å². The summed E-state index contributed by atoms with van der Waals surface area (Å²) in [6.07, 6.45) is 0. The highest BCUT2D eigenvalue weighted by atomic mass is 35.5. The van der Waals surface area contributed by atoms with Gasteiger partial charge < -0.3 is 4.74 Å². The summed E-state index contributed by atoms with van der Waals surface area (Å²) < 4.78 is 31.9. The average molecular weight is 379 g/mol. The Morgan fingerprint density at radius 3 is 2.60 bits per heavy atom. The number of para-hydroxylation sites is 1. The van der Waals surface area contributed by atoms with Gasteiger partial charge in [0.05, 0.1) is 18.6 Å². The lowest BCUT2D eigenvalue weighted by molar-refractivity contribution is 0.411. The number of methoxy groups -OCH3 is 1. The van der Waals surface area contributed by atoms with Crippen molar-refractivity contribution in [1.29, 1.82) is 0 Å². The van der Waals surface area contributed by atoms with Gasteiger partial charge in [0.15, 0.2) is 15.7 Å². The molecule has 1 heterocycles. The van der Waals surface area contributed by atoms with E-state index in [0.717, 1.165) is 0 Å². The van der Waals surface area contributed by atoms with Gasteiger partial charge in [-0.05, 0) is 40.8 Å². The van der Waals surface area contributed by atoms with Crippen LogP contribution in [-0.2, 0) is 21.3 Å². The van der Waals surface area contributed by atoms with Crippen molar-refractivity contribution in [3.05, 3.63) is 64.9 Å². The van der Waals surface area contributed by atoms with Gasteiger partial charge >= 0.3 is 0 Å². The van der Waals surface area contributed by atoms with Crippen LogP contribution in [0.25, 0.3) is 5.69 Å². The van der Waals surface area contributed by atoms with Crippen LogP contribution in [0.4, 0.5) is 0 Å². The molecule has 3 rings (SSSR count). The fourth-order valence-corrected chi connectivity index (χ4v) is 3.98. The van der Waals surface area contributed by atoms with Crippen molar-refractivity contribution in [3.63, 3.8) is 0 Å². The molecule has 9 heteroatoms. The maximum absolute atomic E-state index is 12.6. The Kier molecular flexibility index (Phi) is 5.00. The Balaban J connectivity index is 1.87. The second kappa shape index (κ2) is 7.20. The Labute approximate surface area is 150 Å². The first-order valence-electron chi connectivity index (χ1n) is 7.34. The standard InChI is InChI=1S/C16H15ClN4O3S/c1-24-15-8-7-13(17)9-12(15)10-25(22,23)11-16-18-19-20-21(16)14-5-3-2-4-6-14/h2-9H,10-11H2,1H3. The predicted octanol–water partition coefficient (Wildman–Crippen LogP) is 2.44. The number of benzene rings is 2. The molecule has 0 aliphatic rings. The molecule has 0 unspecified atom stereocenters. The SMILES string of the molecule is COc1ccc(Cl)cc1CS(=O)(=O)Cc1nnnn1-c1ccccc1. The van der Waals surface area contributed by atoms with Crippen molar-refractivity contribution in [1.82, 2.24) is 20.2 Å². The van der Waals surface area contributed by atoms with E-state index in [1.54, 1.807) is 30.3 Å². The molecule has 1 aromatic heterocycles. The quantitative estimate of drug-likeness (QED) is 0.654. The normalized spacial score (nSPS) is 11.4. The van der Waals surface area contributed by atoms with Gasteiger partial charge in [-0.2, -0.15) is 4.68 Å². The highest BCUT2D eigenvalue weighted by molar-refractivity contribution is 7.89. The fourth-order valence-electron chi connectivity index (χ4n) is 2.41. The molecule has 0 saturated carbocycles. The number of aromatic nitrogens is 4. The second-order valence-electron chi connectivity index (χ2n) is 5.33. The molecule has 0 radical (unpaired) electrons. The van der Waals surface area contributed by atoms with E-state index in [4.69, 9.17) is 16.3 Å². The smallest absolute Gasteiger partial charge is 0.171 e. The number of tetrazole rings is 1. The van der Waals surface area contributed by atoms with E-state index in [2.05, 4.69) is 15.5 Å². The third kappa shape index (κ3) is 4.15. The van der Waals surface area contributed by atoms with Crippen LogP contribution in [0, 0.1) is 0 Å². The number of sulfone groups is 1. The molecule has 0 atom stereocenters. The molecule has 0 bridgehead atoms. The Bertz CT molecular complexity index is 974. The van der Waals surface area contributed by atoms with E-state index in [1.807, 2.05) is 18.2 Å². The summed E-state index contributed by atoms with van der Waals surface area (Å²) in [5.74, 6) is 0.186. The third-order valence-corrected chi connectivity index (χ3v) is 5.19. The zero-order chi connectivity index (χ0) is 17.9. The lowest BCUT2D eigenvalue weighted by atomic mass is 10.2. The number of hydrogen-bond acceptors (Lipinski definition) is 6. The van der Waals surface area contributed by atoms with Gasteiger partial charge in [-0.15, -0.1) is 5.10 Å². The number of halogens is 1. The summed E-state index contributed by atoms with van der Waals surface area (Å²) in [5, 5.41) is 11.8. The van der Waals surface area contributed by atoms with Crippen LogP contribution in [0.15, 0.2) is 48.5 Å². The van der Waals surface area contributed by atoms with Crippen molar-refractivity contribution in [3.8, 4) is 11.4 Å². The molecule has 7 nitrogen and oxygen atoms in total. The van der Waals surface area contributed by atoms with E-state index >= 15 is 0 Å². The summed E-state index contributed by atoms with van der Waals surface area (Å²) in [4.78, 5) is 0. The minimum absolute atomic E-state index is 0.224. The molecule has 0 aliphatic heterocycles. The van der Waals surface area contributed by atoms with Crippen molar-refractivity contribution in [2.45, 2.75) is 11.5 Å². The summed E-state index contributed by atoms with van der Waals surface area (Å²) in [7, 11) is -2.06. The van der Waals surface area contributed by atoms with Crippen LogP contribution in [0.2, 0.25) is 5.02 Å². The molecule has 2 aromatic carbocycles. The Morgan fingerprint density at radius 1 is 1.12 bits per heavy atom. The number of rotatable bonds is 6. The van der Waals surface area contributed by atoms with Crippen LogP contribution in [0.1, 0.15) is 11.4 Å². The van der Waals surface area contributed by atoms with Gasteiger partial charge in [0.1, 0.15) is 11.5 Å². The molecule has 0 spiro atoms. The first-order chi connectivity index (χ1) is 12.0. The van der Waals surface area contributed by atoms with Gasteiger partial charge in [-0.25, -0.2) is 8.42 Å². The predicted molar refractivity (Wildman–Crippen MR) is 93.5 cm³/mol. The lowest BCUT2D eigenvalue weighted by Crippen LogP contribution is -2.13. The van der Waals surface area contributed by atoms with Crippen LogP contribution in [-0.4, -0.2) is 35.7 Å². The van der Waals surface area contributed by atoms with Gasteiger partial charge in [0.25, 0.3) is 0 Å². The monoisotopic (exact) mass is 378 g/mol. The van der Waals surface area contributed by atoms with Gasteiger partial charge in [0.2, 0.25) is 0 Å². The number of ether oxygens (including phenoxy) is 1. The average Bonchev–Trinajstić information content (AvgIpc) is 3.02. The van der Waals surface area contributed by atoms with Crippen LogP contribution in [0.3, 0.4) is 0 Å². The molecule has 25 heavy (non-hydrogen) atoms. The zero-order valence-electron chi connectivity index (χ0n) is 13.3. The molecule has 0 amide bonds. The van der Waals surface area contributed by atoms with E-state index in [9.17, 15) is 8.42 Å². The topological polar surface area (TPSA) is 87.0 Å². The number of hydrogen-bond donors (Lipinski definition) is 0. The molecular formula is C16H15ClN4O3S. The molecule has 0 N–H and O–H groups in total. The third-order valence-electron chi connectivity index (χ3n) is 3.50. The molecule has 0 fully saturated rings. The summed E-state index contributed by atoms with van der Waals surface area (Å²) >= 11 is 5.96. The Morgan fingerprint density at radius 2 is 1.88 bits per heavy atom. The fraction of sp³-hybridized carbons (Fsp3) is 0.188. The lowest BCUT2D eigenvalue weighted by Gasteiger charge is -2.10. The molecule has 0 saturated heterocycles. The van der Waals surface area contributed by atoms with Gasteiger partial charge in [-0.3, -0.25) is 0 Å². The van der Waals surface area contributed by atoms with Gasteiger partial charge in [0, 0.05) is 10.6 Å². The van der Waals surface area contributed by atoms with Gasteiger partial charge in [-0.1, -0.05) is 29.8 Å². The van der Waals surface area contributed by atoms with Crippen molar-refractivity contribution in [2.75, 3.05) is 7.11 Å². The summed E-state index contributed by atoms with van der Waals surface area (Å²) in [6.45, 7) is 0. The molecule has 3 aromatic rings. The highest BCUT2D eigenvalue weighted by Crippen LogP contribution is 2.25. The van der Waals surface area contributed by atoms with Crippen molar-refractivity contribution >= 4 is 21.4 Å². The van der Waals surface area contributed by atoms with Crippen LogP contribution < -0.4 is 4.74 Å². The maximum Gasteiger partial charge on any atom is 0.171 e. The first-order valence-corrected chi connectivity index (χ1v) is 9.54. The first kappa shape index (κ1) is 17.4. The van der Waals surface area contributed by atoms with Crippen molar-refractivity contribution < 1.29 is 13.2 Å². The zero-order valence-corrected chi connectivity index (χ0v) is 14.9. The van der Waals surface area contributed by atoms with E-state index in [-0.39, 0.29) is 17.3 Å². The highest BCUT2D eigenvalue weighted by Gasteiger charge is 2.21. The minimum Gasteiger partial charge on any atom is -0.496 e. The molecular weight excluding hydrogens is 364 g/mol. The van der Waals surface area contributed by atoms with Crippen LogP contribution >= 0.6 is 11.6 Å².